The molecule has 0 aliphatic carbocycles. The average Bonchev–Trinajstić information content (AvgIpc) is 2.28. The zero-order chi connectivity index (χ0) is 12.1. The highest BCUT2D eigenvalue weighted by molar-refractivity contribution is 9.11. The Kier molecular flexibility index (Phi) is 5.48. The molecular formula is C10H15Br2N3O. The zero-order valence-electron chi connectivity index (χ0n) is 9.55. The van der Waals surface area contributed by atoms with Crippen molar-refractivity contribution < 1.29 is 4.74 Å². The Morgan fingerprint density at radius 1 is 1.19 bits per heavy atom. The Balaban J connectivity index is 2.95. The molecule has 0 saturated heterocycles. The van der Waals surface area contributed by atoms with Crippen LogP contribution in [-0.4, -0.2) is 23.1 Å². The minimum atomic E-state index is 0.400. The molecule has 0 bridgehead atoms. The van der Waals surface area contributed by atoms with Crippen LogP contribution in [0.15, 0.2) is 9.21 Å². The van der Waals surface area contributed by atoms with Gasteiger partial charge in [-0.3, -0.25) is 0 Å². The van der Waals surface area contributed by atoms with Crippen LogP contribution in [0.4, 0.5) is 5.82 Å². The molecule has 90 valence electrons. The molecule has 6 heteroatoms. The van der Waals surface area contributed by atoms with Crippen LogP contribution in [-0.2, 0) is 0 Å². The fourth-order valence-corrected chi connectivity index (χ4v) is 2.33. The summed E-state index contributed by atoms with van der Waals surface area (Å²) < 4.78 is 6.39. The van der Waals surface area contributed by atoms with E-state index in [1.54, 1.807) is 7.11 Å². The van der Waals surface area contributed by atoms with E-state index in [9.17, 15) is 0 Å². The van der Waals surface area contributed by atoms with Crippen molar-refractivity contribution >= 4 is 37.7 Å². The predicted molar refractivity (Wildman–Crippen MR) is 72.0 cm³/mol. The number of halogens is 2. The van der Waals surface area contributed by atoms with Crippen molar-refractivity contribution in [3.8, 4) is 5.88 Å². The molecule has 0 aliphatic heterocycles. The van der Waals surface area contributed by atoms with E-state index in [0.717, 1.165) is 12.8 Å². The van der Waals surface area contributed by atoms with Gasteiger partial charge in [0.2, 0.25) is 5.88 Å². The maximum atomic E-state index is 5.11. The van der Waals surface area contributed by atoms with Crippen molar-refractivity contribution in [2.24, 2.45) is 0 Å². The van der Waals surface area contributed by atoms with E-state index < -0.39 is 0 Å². The van der Waals surface area contributed by atoms with Crippen LogP contribution in [0.5, 0.6) is 5.88 Å². The molecule has 1 heterocycles. The summed E-state index contributed by atoms with van der Waals surface area (Å²) in [5.41, 5.74) is 0. The standard InChI is InChI=1S/C10H15Br2N3O/c1-4-6(5-2)13-9-7(11)14-8(12)10(15-9)16-3/h6H,4-5H2,1-3H3,(H,13,15). The fraction of sp³-hybridized carbons (Fsp3) is 0.600. The minimum absolute atomic E-state index is 0.400. The largest absolute Gasteiger partial charge is 0.479 e. The van der Waals surface area contributed by atoms with Gasteiger partial charge in [0.15, 0.2) is 10.4 Å². The quantitative estimate of drug-likeness (QED) is 0.879. The monoisotopic (exact) mass is 351 g/mol. The van der Waals surface area contributed by atoms with Crippen molar-refractivity contribution in [1.29, 1.82) is 0 Å². The highest BCUT2D eigenvalue weighted by atomic mass is 79.9. The molecule has 0 radical (unpaired) electrons. The summed E-state index contributed by atoms with van der Waals surface area (Å²) in [7, 11) is 1.57. The Bertz CT molecular complexity index is 356. The van der Waals surface area contributed by atoms with Gasteiger partial charge in [-0.05, 0) is 44.7 Å². The second-order valence-corrected chi connectivity index (χ2v) is 4.82. The second kappa shape index (κ2) is 6.39. The molecule has 0 aromatic carbocycles. The molecule has 1 rings (SSSR count). The Hall–Kier alpha value is -0.360. The Morgan fingerprint density at radius 3 is 2.31 bits per heavy atom. The first kappa shape index (κ1) is 13.7. The lowest BCUT2D eigenvalue weighted by molar-refractivity contribution is 0.392. The lowest BCUT2D eigenvalue weighted by atomic mass is 10.2. The number of rotatable bonds is 5. The number of methoxy groups -OCH3 is 1. The zero-order valence-corrected chi connectivity index (χ0v) is 12.7. The van der Waals surface area contributed by atoms with Crippen LogP contribution in [0.3, 0.4) is 0 Å². The van der Waals surface area contributed by atoms with Crippen LogP contribution in [0.2, 0.25) is 0 Å². The van der Waals surface area contributed by atoms with Gasteiger partial charge in [0.25, 0.3) is 0 Å². The summed E-state index contributed by atoms with van der Waals surface area (Å²) in [5, 5.41) is 3.33. The molecule has 0 atom stereocenters. The van der Waals surface area contributed by atoms with E-state index in [2.05, 4.69) is 61.0 Å². The van der Waals surface area contributed by atoms with Gasteiger partial charge in [-0.2, -0.15) is 4.98 Å². The number of anilines is 1. The molecule has 1 aromatic rings. The fourth-order valence-electron chi connectivity index (χ4n) is 1.29. The third-order valence-corrected chi connectivity index (χ3v) is 3.37. The summed E-state index contributed by atoms with van der Waals surface area (Å²) in [6.07, 6.45) is 2.09. The maximum absolute atomic E-state index is 5.11. The molecule has 1 aromatic heterocycles. The molecule has 0 aliphatic rings. The lowest BCUT2D eigenvalue weighted by Crippen LogP contribution is -2.18. The molecule has 0 saturated carbocycles. The Labute approximate surface area is 112 Å². The van der Waals surface area contributed by atoms with Crippen LogP contribution in [0.25, 0.3) is 0 Å². The summed E-state index contributed by atoms with van der Waals surface area (Å²) in [6, 6.07) is 0.400. The minimum Gasteiger partial charge on any atom is -0.479 e. The molecule has 0 amide bonds. The molecule has 16 heavy (non-hydrogen) atoms. The molecule has 0 spiro atoms. The third-order valence-electron chi connectivity index (χ3n) is 2.30. The first-order chi connectivity index (χ1) is 7.62. The number of aromatic nitrogens is 2. The summed E-state index contributed by atoms with van der Waals surface area (Å²) in [5.74, 6) is 1.20. The van der Waals surface area contributed by atoms with Crippen LogP contribution in [0.1, 0.15) is 26.7 Å². The second-order valence-electron chi connectivity index (χ2n) is 3.32. The van der Waals surface area contributed by atoms with Gasteiger partial charge in [-0.15, -0.1) is 0 Å². The number of hydrogen-bond acceptors (Lipinski definition) is 4. The highest BCUT2D eigenvalue weighted by Gasteiger charge is 2.13. The van der Waals surface area contributed by atoms with Gasteiger partial charge in [0, 0.05) is 6.04 Å². The van der Waals surface area contributed by atoms with Crippen molar-refractivity contribution in [3.05, 3.63) is 9.21 Å². The van der Waals surface area contributed by atoms with E-state index in [1.807, 2.05) is 0 Å². The molecule has 1 N–H and O–H groups in total. The van der Waals surface area contributed by atoms with Crippen molar-refractivity contribution in [1.82, 2.24) is 9.97 Å². The molecule has 0 fully saturated rings. The van der Waals surface area contributed by atoms with Gasteiger partial charge in [0.1, 0.15) is 4.60 Å². The topological polar surface area (TPSA) is 47.0 Å². The highest BCUT2D eigenvalue weighted by Crippen LogP contribution is 2.28. The van der Waals surface area contributed by atoms with E-state index in [-0.39, 0.29) is 0 Å². The van der Waals surface area contributed by atoms with Crippen molar-refractivity contribution in [2.45, 2.75) is 32.7 Å². The molecular weight excluding hydrogens is 338 g/mol. The van der Waals surface area contributed by atoms with E-state index in [1.165, 1.54) is 0 Å². The van der Waals surface area contributed by atoms with Crippen LogP contribution in [0, 0.1) is 0 Å². The lowest BCUT2D eigenvalue weighted by Gasteiger charge is -2.16. The van der Waals surface area contributed by atoms with Crippen molar-refractivity contribution in [3.63, 3.8) is 0 Å². The maximum Gasteiger partial charge on any atom is 0.249 e. The van der Waals surface area contributed by atoms with Gasteiger partial charge in [-0.25, -0.2) is 4.98 Å². The molecule has 0 unspecified atom stereocenters. The van der Waals surface area contributed by atoms with Crippen LogP contribution >= 0.6 is 31.9 Å². The van der Waals surface area contributed by atoms with Gasteiger partial charge in [0.05, 0.1) is 7.11 Å². The molecule has 4 nitrogen and oxygen atoms in total. The van der Waals surface area contributed by atoms with Gasteiger partial charge < -0.3 is 10.1 Å². The number of nitrogens with zero attached hydrogens (tertiary/aromatic N) is 2. The van der Waals surface area contributed by atoms with Gasteiger partial charge >= 0.3 is 0 Å². The third kappa shape index (κ3) is 3.31. The summed E-state index contributed by atoms with van der Waals surface area (Å²) in [6.45, 7) is 4.27. The smallest absolute Gasteiger partial charge is 0.249 e. The number of ether oxygens (including phenoxy) is 1. The van der Waals surface area contributed by atoms with E-state index in [0.29, 0.717) is 26.9 Å². The first-order valence-corrected chi connectivity index (χ1v) is 6.74. The van der Waals surface area contributed by atoms with Crippen LogP contribution < -0.4 is 10.1 Å². The normalized spacial score (nSPS) is 10.6. The number of nitrogens with one attached hydrogen (secondary N) is 1. The average molecular weight is 353 g/mol. The summed E-state index contributed by atoms with van der Waals surface area (Å²) in [4.78, 5) is 8.59. The number of hydrogen-bond donors (Lipinski definition) is 1. The summed E-state index contributed by atoms with van der Waals surface area (Å²) >= 11 is 6.66. The van der Waals surface area contributed by atoms with Crippen molar-refractivity contribution in [2.75, 3.05) is 12.4 Å². The first-order valence-electron chi connectivity index (χ1n) is 5.15. The van der Waals surface area contributed by atoms with E-state index >= 15 is 0 Å². The van der Waals surface area contributed by atoms with E-state index in [4.69, 9.17) is 4.74 Å². The SMILES string of the molecule is CCC(CC)Nc1nc(OC)c(Br)nc1Br. The predicted octanol–water partition coefficient (Wildman–Crippen LogP) is 3.61. The van der Waals surface area contributed by atoms with Gasteiger partial charge in [-0.1, -0.05) is 13.8 Å². The Morgan fingerprint density at radius 2 is 1.81 bits per heavy atom.